The number of rotatable bonds is 6. The van der Waals surface area contributed by atoms with Crippen LogP contribution in [0.2, 0.25) is 12.6 Å². The van der Waals surface area contributed by atoms with E-state index < -0.39 is 8.32 Å². The van der Waals surface area contributed by atoms with Crippen LogP contribution < -0.4 is 0 Å². The Kier molecular flexibility index (Phi) is 5.72. The zero-order valence-electron chi connectivity index (χ0n) is 9.50. The molecule has 4 heteroatoms. The lowest BCUT2D eigenvalue weighted by molar-refractivity contribution is -0.139. The number of carbonyl (C=O) groups is 1. The lowest BCUT2D eigenvalue weighted by atomic mass is 10.6. The van der Waals surface area contributed by atoms with E-state index in [1.54, 1.807) is 0 Å². The summed E-state index contributed by atoms with van der Waals surface area (Å²) < 4.78 is 10.9. The minimum atomic E-state index is -1.90. The van der Waals surface area contributed by atoms with Crippen LogP contribution in [0.1, 0.15) is 20.8 Å². The van der Waals surface area contributed by atoms with E-state index in [9.17, 15) is 4.79 Å². The first-order chi connectivity index (χ1) is 6.50. The first kappa shape index (κ1) is 13.4. The molecular formula is C10H20O3Si. The highest BCUT2D eigenvalue weighted by molar-refractivity contribution is 6.73. The van der Waals surface area contributed by atoms with E-state index in [4.69, 9.17) is 9.16 Å². The van der Waals surface area contributed by atoms with Gasteiger partial charge in [-0.1, -0.05) is 13.5 Å². The minimum Gasteiger partial charge on any atom is -0.460 e. The molecule has 14 heavy (non-hydrogen) atoms. The summed E-state index contributed by atoms with van der Waals surface area (Å²) in [6, 6.07) is 0.937. The number of ether oxygens (including phenoxy) is 1. The van der Waals surface area contributed by atoms with Crippen molar-refractivity contribution in [1.29, 1.82) is 0 Å². The van der Waals surface area contributed by atoms with Crippen LogP contribution in [0.4, 0.5) is 0 Å². The quantitative estimate of drug-likeness (QED) is 0.388. The van der Waals surface area contributed by atoms with Gasteiger partial charge in [-0.25, -0.2) is 4.79 Å². The molecule has 0 heterocycles. The second-order valence-corrected chi connectivity index (χ2v) is 7.82. The lowest BCUT2D eigenvalue weighted by Crippen LogP contribution is -2.47. The van der Waals surface area contributed by atoms with E-state index in [-0.39, 0.29) is 11.7 Å². The topological polar surface area (TPSA) is 35.5 Å². The summed E-state index contributed by atoms with van der Waals surface area (Å²) >= 11 is 0. The van der Waals surface area contributed by atoms with Gasteiger partial charge in [0, 0.05) is 12.7 Å². The minimum absolute atomic E-state index is 0.127. The highest BCUT2D eigenvalue weighted by Gasteiger charge is 2.36. The van der Waals surface area contributed by atoms with Gasteiger partial charge in [-0.3, -0.25) is 0 Å². The van der Waals surface area contributed by atoms with Gasteiger partial charge in [0.05, 0.1) is 0 Å². The molecule has 0 saturated heterocycles. The second-order valence-electron chi connectivity index (χ2n) is 3.38. The normalized spacial score (nSPS) is 16.9. The van der Waals surface area contributed by atoms with Gasteiger partial charge in [-0.2, -0.15) is 0 Å². The Labute approximate surface area is 87.2 Å². The maximum absolute atomic E-state index is 11.0. The fourth-order valence-corrected chi connectivity index (χ4v) is 3.22. The van der Waals surface area contributed by atoms with Gasteiger partial charge in [0.1, 0.15) is 5.73 Å². The second kappa shape index (κ2) is 5.98. The number of esters is 1. The van der Waals surface area contributed by atoms with Crippen LogP contribution in [0.15, 0.2) is 12.7 Å². The van der Waals surface area contributed by atoms with Crippen molar-refractivity contribution in [2.75, 3.05) is 6.61 Å². The number of carbonyl (C=O) groups excluding carboxylic acids is 1. The Balaban J connectivity index is 4.36. The predicted molar refractivity (Wildman–Crippen MR) is 59.5 cm³/mol. The average Bonchev–Trinajstić information content (AvgIpc) is 2.17. The van der Waals surface area contributed by atoms with Crippen LogP contribution in [0.25, 0.3) is 0 Å². The fourth-order valence-electron chi connectivity index (χ4n) is 1.18. The molecule has 0 aromatic carbocycles. The third-order valence-electron chi connectivity index (χ3n) is 2.50. The molecule has 0 bridgehead atoms. The third-order valence-corrected chi connectivity index (χ3v) is 6.69. The Morgan fingerprint density at radius 3 is 2.50 bits per heavy atom. The largest absolute Gasteiger partial charge is 0.460 e. The van der Waals surface area contributed by atoms with Crippen LogP contribution in [0.5, 0.6) is 0 Å². The van der Waals surface area contributed by atoms with Crippen molar-refractivity contribution in [3.05, 3.63) is 12.7 Å². The molecule has 0 aliphatic rings. The van der Waals surface area contributed by atoms with Gasteiger partial charge in [0.15, 0.2) is 0 Å². The van der Waals surface area contributed by atoms with Crippen molar-refractivity contribution in [3.8, 4) is 0 Å². The number of hydrogen-bond donors (Lipinski definition) is 0. The van der Waals surface area contributed by atoms with Gasteiger partial charge in [0.2, 0.25) is 8.32 Å². The average molecular weight is 216 g/mol. The standard InChI is InChI=1S/C10H20O3Si/c1-6-10(11)13-9(4)14(5,8-3)12-7-2/h6,9H,1,7-8H2,2-5H3. The summed E-state index contributed by atoms with van der Waals surface area (Å²) in [4.78, 5) is 11.0. The molecule has 82 valence electrons. The molecule has 3 nitrogen and oxygen atoms in total. The summed E-state index contributed by atoms with van der Waals surface area (Å²) in [7, 11) is -1.90. The fraction of sp³-hybridized carbons (Fsp3) is 0.700. The van der Waals surface area contributed by atoms with Gasteiger partial charge < -0.3 is 9.16 Å². The van der Waals surface area contributed by atoms with E-state index in [1.807, 2.05) is 13.8 Å². The highest BCUT2D eigenvalue weighted by atomic mass is 28.4. The molecule has 0 amide bonds. The smallest absolute Gasteiger partial charge is 0.330 e. The van der Waals surface area contributed by atoms with Crippen molar-refractivity contribution in [2.45, 2.75) is 39.1 Å². The monoisotopic (exact) mass is 216 g/mol. The van der Waals surface area contributed by atoms with E-state index in [2.05, 4.69) is 20.0 Å². The zero-order chi connectivity index (χ0) is 11.2. The maximum atomic E-state index is 11.0. The van der Waals surface area contributed by atoms with E-state index >= 15 is 0 Å². The van der Waals surface area contributed by atoms with Crippen LogP contribution in [0.3, 0.4) is 0 Å². The van der Waals surface area contributed by atoms with Crippen LogP contribution in [-0.2, 0) is 14.0 Å². The molecule has 0 aliphatic heterocycles. The molecule has 2 unspecified atom stereocenters. The van der Waals surface area contributed by atoms with Gasteiger partial charge in [-0.15, -0.1) is 0 Å². The van der Waals surface area contributed by atoms with Gasteiger partial charge in [0.25, 0.3) is 0 Å². The van der Waals surface area contributed by atoms with E-state index in [0.717, 1.165) is 6.04 Å². The molecular weight excluding hydrogens is 196 g/mol. The van der Waals surface area contributed by atoms with Crippen molar-refractivity contribution in [1.82, 2.24) is 0 Å². The summed E-state index contributed by atoms with van der Waals surface area (Å²) in [5.41, 5.74) is -0.127. The van der Waals surface area contributed by atoms with Gasteiger partial charge >= 0.3 is 5.97 Å². The van der Waals surface area contributed by atoms with Crippen molar-refractivity contribution in [2.24, 2.45) is 0 Å². The third kappa shape index (κ3) is 3.63. The van der Waals surface area contributed by atoms with E-state index in [0.29, 0.717) is 6.61 Å². The number of hydrogen-bond acceptors (Lipinski definition) is 3. The van der Waals surface area contributed by atoms with Crippen LogP contribution >= 0.6 is 0 Å². The Morgan fingerprint density at radius 1 is 1.57 bits per heavy atom. The molecule has 0 aliphatic carbocycles. The first-order valence-corrected chi connectivity index (χ1v) is 7.66. The molecule has 0 aromatic heterocycles. The van der Waals surface area contributed by atoms with Gasteiger partial charge in [-0.05, 0) is 26.4 Å². The lowest BCUT2D eigenvalue weighted by Gasteiger charge is -2.30. The Morgan fingerprint density at radius 2 is 2.14 bits per heavy atom. The summed E-state index contributed by atoms with van der Waals surface area (Å²) in [6.07, 6.45) is 1.19. The highest BCUT2D eigenvalue weighted by Crippen LogP contribution is 2.18. The van der Waals surface area contributed by atoms with Crippen molar-refractivity contribution >= 4 is 14.3 Å². The summed E-state index contributed by atoms with van der Waals surface area (Å²) in [5, 5.41) is 0. The Bertz CT molecular complexity index is 206. The zero-order valence-corrected chi connectivity index (χ0v) is 10.5. The molecule has 0 radical (unpaired) electrons. The van der Waals surface area contributed by atoms with Crippen molar-refractivity contribution in [3.63, 3.8) is 0 Å². The van der Waals surface area contributed by atoms with Crippen molar-refractivity contribution < 1.29 is 14.0 Å². The van der Waals surface area contributed by atoms with E-state index in [1.165, 1.54) is 6.08 Å². The van der Waals surface area contributed by atoms with Crippen LogP contribution in [-0.4, -0.2) is 26.6 Å². The molecule has 2 atom stereocenters. The maximum Gasteiger partial charge on any atom is 0.330 e. The molecule has 0 rings (SSSR count). The Hall–Kier alpha value is -0.613. The molecule has 0 saturated carbocycles. The first-order valence-electron chi connectivity index (χ1n) is 4.97. The molecule has 0 spiro atoms. The van der Waals surface area contributed by atoms with Crippen LogP contribution in [0, 0.1) is 0 Å². The molecule has 0 fully saturated rings. The molecule has 0 aromatic rings. The molecule has 0 N–H and O–H groups in total. The predicted octanol–water partition coefficient (Wildman–Crippen LogP) is 2.28. The summed E-state index contributed by atoms with van der Waals surface area (Å²) in [5.74, 6) is -0.371. The SMILES string of the molecule is C=CC(=O)OC(C)[Si](C)(CC)OCC. The summed E-state index contributed by atoms with van der Waals surface area (Å²) in [6.45, 7) is 12.0.